The summed E-state index contributed by atoms with van der Waals surface area (Å²) in [6, 6.07) is 28.7. The van der Waals surface area contributed by atoms with Gasteiger partial charge in [-0.2, -0.15) is 0 Å². The van der Waals surface area contributed by atoms with E-state index in [4.69, 9.17) is 9.47 Å². The zero-order valence-electron chi connectivity index (χ0n) is 17.7. The summed E-state index contributed by atoms with van der Waals surface area (Å²) in [5.74, 6) is -1.86. The molecule has 1 atom stereocenters. The zero-order valence-corrected chi connectivity index (χ0v) is 17.7. The van der Waals surface area contributed by atoms with Gasteiger partial charge in [0.15, 0.2) is 5.41 Å². The van der Waals surface area contributed by atoms with Crippen LogP contribution in [-0.2, 0) is 25.5 Å². The molecule has 0 bridgehead atoms. The predicted octanol–water partition coefficient (Wildman–Crippen LogP) is 5.06. The van der Waals surface area contributed by atoms with E-state index < -0.39 is 23.3 Å². The van der Waals surface area contributed by atoms with Crippen LogP contribution in [0, 0.1) is 5.41 Å². The van der Waals surface area contributed by atoms with Gasteiger partial charge in [-0.05, 0) is 16.7 Å². The number of methoxy groups -OCH3 is 2. The number of esters is 2. The van der Waals surface area contributed by atoms with Crippen LogP contribution in [0.3, 0.4) is 0 Å². The van der Waals surface area contributed by atoms with Gasteiger partial charge in [0.2, 0.25) is 0 Å². The Morgan fingerprint density at radius 1 is 0.774 bits per heavy atom. The van der Waals surface area contributed by atoms with Crippen molar-refractivity contribution in [3.63, 3.8) is 0 Å². The molecule has 0 spiro atoms. The van der Waals surface area contributed by atoms with Crippen LogP contribution in [0.2, 0.25) is 0 Å². The van der Waals surface area contributed by atoms with Gasteiger partial charge >= 0.3 is 11.9 Å². The van der Waals surface area contributed by atoms with Crippen LogP contribution in [0.5, 0.6) is 0 Å². The average molecular weight is 415 g/mol. The molecule has 0 radical (unpaired) electrons. The van der Waals surface area contributed by atoms with Gasteiger partial charge < -0.3 is 9.47 Å². The third-order valence-electron chi connectivity index (χ3n) is 5.40. The Labute approximate surface area is 183 Å². The number of carbonyl (C=O) groups is 2. The van der Waals surface area contributed by atoms with E-state index in [-0.39, 0.29) is 6.42 Å². The van der Waals surface area contributed by atoms with Gasteiger partial charge in [0.1, 0.15) is 0 Å². The van der Waals surface area contributed by atoms with Gasteiger partial charge in [-0.15, -0.1) is 0 Å². The SMILES string of the molecule is COC(=O)C(Cc1ccccc1)(C(=O)OC)[C@@H](/C=C/c1ccccc1)c1ccccc1. The molecule has 0 fully saturated rings. The summed E-state index contributed by atoms with van der Waals surface area (Å²) in [4.78, 5) is 26.6. The van der Waals surface area contributed by atoms with Gasteiger partial charge in [-0.3, -0.25) is 9.59 Å². The molecule has 31 heavy (non-hydrogen) atoms. The van der Waals surface area contributed by atoms with Gasteiger partial charge in [0, 0.05) is 12.3 Å². The van der Waals surface area contributed by atoms with E-state index in [1.165, 1.54) is 14.2 Å². The van der Waals surface area contributed by atoms with Crippen LogP contribution in [-0.4, -0.2) is 26.2 Å². The largest absolute Gasteiger partial charge is 0.468 e. The average Bonchev–Trinajstić information content (AvgIpc) is 2.84. The highest BCUT2D eigenvalue weighted by molar-refractivity contribution is 6.02. The molecular formula is C27H26O4. The Morgan fingerprint density at radius 2 is 1.26 bits per heavy atom. The van der Waals surface area contributed by atoms with Crippen LogP contribution >= 0.6 is 0 Å². The second-order valence-corrected chi connectivity index (χ2v) is 7.28. The van der Waals surface area contributed by atoms with Crippen molar-refractivity contribution < 1.29 is 19.1 Å². The van der Waals surface area contributed by atoms with E-state index in [2.05, 4.69) is 0 Å². The summed E-state index contributed by atoms with van der Waals surface area (Å²) in [7, 11) is 2.60. The van der Waals surface area contributed by atoms with Crippen molar-refractivity contribution in [1.29, 1.82) is 0 Å². The fourth-order valence-electron chi connectivity index (χ4n) is 3.87. The molecule has 0 aromatic heterocycles. The van der Waals surface area contributed by atoms with Crippen LogP contribution in [0.15, 0.2) is 97.1 Å². The first-order valence-corrected chi connectivity index (χ1v) is 10.1. The molecule has 4 nitrogen and oxygen atoms in total. The minimum Gasteiger partial charge on any atom is -0.468 e. The molecule has 0 unspecified atom stereocenters. The first kappa shape index (κ1) is 22.0. The zero-order chi connectivity index (χ0) is 22.1. The van der Waals surface area contributed by atoms with Crippen LogP contribution < -0.4 is 0 Å². The molecule has 4 heteroatoms. The monoisotopic (exact) mass is 414 g/mol. The molecule has 0 saturated carbocycles. The second-order valence-electron chi connectivity index (χ2n) is 7.28. The molecule has 0 aliphatic rings. The van der Waals surface area contributed by atoms with Crippen molar-refractivity contribution in [3.8, 4) is 0 Å². The number of rotatable bonds is 8. The molecule has 0 saturated heterocycles. The smallest absolute Gasteiger partial charge is 0.324 e. The lowest BCUT2D eigenvalue weighted by Crippen LogP contribution is -2.47. The summed E-state index contributed by atoms with van der Waals surface area (Å²) >= 11 is 0. The fourth-order valence-corrected chi connectivity index (χ4v) is 3.87. The molecule has 0 heterocycles. The lowest BCUT2D eigenvalue weighted by molar-refractivity contribution is -0.170. The first-order valence-electron chi connectivity index (χ1n) is 10.1. The van der Waals surface area contributed by atoms with E-state index in [9.17, 15) is 9.59 Å². The molecule has 3 aromatic rings. The second kappa shape index (κ2) is 10.4. The molecule has 3 rings (SSSR count). The summed E-state index contributed by atoms with van der Waals surface area (Å²) in [6.07, 6.45) is 3.95. The highest BCUT2D eigenvalue weighted by Gasteiger charge is 2.54. The van der Waals surface area contributed by atoms with E-state index >= 15 is 0 Å². The summed E-state index contributed by atoms with van der Waals surface area (Å²) in [5, 5.41) is 0. The van der Waals surface area contributed by atoms with Gasteiger partial charge in [0.05, 0.1) is 14.2 Å². The number of carbonyl (C=O) groups excluding carboxylic acids is 2. The third-order valence-corrected chi connectivity index (χ3v) is 5.40. The van der Waals surface area contributed by atoms with E-state index in [1.807, 2.05) is 103 Å². The van der Waals surface area contributed by atoms with Crippen LogP contribution in [0.1, 0.15) is 22.6 Å². The molecule has 0 N–H and O–H groups in total. The van der Waals surface area contributed by atoms with Crippen molar-refractivity contribution in [3.05, 3.63) is 114 Å². The normalized spacial score (nSPS) is 12.3. The lowest BCUT2D eigenvalue weighted by Gasteiger charge is -2.35. The Bertz CT molecular complexity index is 995. The molecular weight excluding hydrogens is 388 g/mol. The van der Waals surface area contributed by atoms with Gasteiger partial charge in [-0.25, -0.2) is 0 Å². The summed E-state index contributed by atoms with van der Waals surface area (Å²) < 4.78 is 10.4. The van der Waals surface area contributed by atoms with E-state index in [0.29, 0.717) is 0 Å². The molecule has 0 aliphatic carbocycles. The summed E-state index contributed by atoms with van der Waals surface area (Å²) in [6.45, 7) is 0. The lowest BCUT2D eigenvalue weighted by atomic mass is 9.68. The fraction of sp³-hybridized carbons (Fsp3) is 0.185. The Hall–Kier alpha value is -3.66. The number of hydrogen-bond acceptors (Lipinski definition) is 4. The predicted molar refractivity (Wildman–Crippen MR) is 121 cm³/mol. The number of benzene rings is 3. The Balaban J connectivity index is 2.21. The molecule has 158 valence electrons. The maximum atomic E-state index is 13.3. The van der Waals surface area contributed by atoms with Crippen molar-refractivity contribution in [2.45, 2.75) is 12.3 Å². The van der Waals surface area contributed by atoms with Crippen molar-refractivity contribution in [1.82, 2.24) is 0 Å². The van der Waals surface area contributed by atoms with Gasteiger partial charge in [0.25, 0.3) is 0 Å². The van der Waals surface area contributed by atoms with Crippen molar-refractivity contribution in [2.75, 3.05) is 14.2 Å². The summed E-state index contributed by atoms with van der Waals surface area (Å²) in [5.41, 5.74) is 1.04. The molecule has 0 amide bonds. The minimum absolute atomic E-state index is 0.145. The highest BCUT2D eigenvalue weighted by Crippen LogP contribution is 2.43. The molecule has 0 aliphatic heterocycles. The number of ether oxygens (including phenoxy) is 2. The van der Waals surface area contributed by atoms with Crippen LogP contribution in [0.4, 0.5) is 0 Å². The van der Waals surface area contributed by atoms with Crippen molar-refractivity contribution >= 4 is 18.0 Å². The maximum Gasteiger partial charge on any atom is 0.324 e. The highest BCUT2D eigenvalue weighted by atomic mass is 16.5. The minimum atomic E-state index is -1.59. The van der Waals surface area contributed by atoms with E-state index in [1.54, 1.807) is 0 Å². The first-order chi connectivity index (χ1) is 15.1. The number of allylic oxidation sites excluding steroid dienone is 1. The topological polar surface area (TPSA) is 52.6 Å². The Kier molecular flexibility index (Phi) is 7.39. The quantitative estimate of drug-likeness (QED) is 0.382. The van der Waals surface area contributed by atoms with E-state index in [0.717, 1.165) is 16.7 Å². The Morgan fingerprint density at radius 3 is 1.77 bits per heavy atom. The number of hydrogen-bond donors (Lipinski definition) is 0. The maximum absolute atomic E-state index is 13.3. The third kappa shape index (κ3) is 4.92. The van der Waals surface area contributed by atoms with Crippen molar-refractivity contribution in [2.24, 2.45) is 5.41 Å². The molecule has 3 aromatic carbocycles. The van der Waals surface area contributed by atoms with Gasteiger partial charge in [-0.1, -0.05) is 103 Å². The standard InChI is InChI=1S/C27H26O4/c1-30-25(28)27(26(29)31-2,20-22-14-8-4-9-15-22)24(23-16-10-5-11-17-23)19-18-21-12-6-3-7-13-21/h3-19,24H,20H2,1-2H3/b19-18+/t24-/m0/s1. The van der Waals surface area contributed by atoms with Crippen LogP contribution in [0.25, 0.3) is 6.08 Å².